The minimum Gasteiger partial charge on any atom is -0.351 e. The molecule has 8 heteroatoms. The summed E-state index contributed by atoms with van der Waals surface area (Å²) in [7, 11) is -4.02. The summed E-state index contributed by atoms with van der Waals surface area (Å²) >= 11 is 0. The monoisotopic (exact) mass is 356 g/mol. The normalized spacial score (nSPS) is 30.9. The van der Waals surface area contributed by atoms with Gasteiger partial charge in [-0.1, -0.05) is 18.2 Å². The fourth-order valence-corrected chi connectivity index (χ4v) is 5.68. The van der Waals surface area contributed by atoms with Crippen molar-refractivity contribution in [3.63, 3.8) is 0 Å². The summed E-state index contributed by atoms with van der Waals surface area (Å²) in [6, 6.07) is 5.61. The minimum atomic E-state index is -4.02. The van der Waals surface area contributed by atoms with E-state index in [0.29, 0.717) is 12.8 Å². The Balaban J connectivity index is 1.78. The summed E-state index contributed by atoms with van der Waals surface area (Å²) in [5.41, 5.74) is -0.887. The zero-order valence-electron chi connectivity index (χ0n) is 13.1. The highest BCUT2D eigenvalue weighted by Gasteiger charge is 2.63. The summed E-state index contributed by atoms with van der Waals surface area (Å²) in [5, 5.41) is 2.78. The van der Waals surface area contributed by atoms with Crippen LogP contribution in [0.1, 0.15) is 37.7 Å². The van der Waals surface area contributed by atoms with E-state index in [1.807, 2.05) is 0 Å². The summed E-state index contributed by atoms with van der Waals surface area (Å²) in [5.74, 6) is -4.20. The molecule has 2 saturated carbocycles. The van der Waals surface area contributed by atoms with Crippen molar-refractivity contribution in [3.05, 3.63) is 29.8 Å². The molecule has 4 rings (SSSR count). The molecule has 1 aliphatic heterocycles. The van der Waals surface area contributed by atoms with Gasteiger partial charge < -0.3 is 5.32 Å². The number of nitrogens with one attached hydrogen (secondary N) is 1. The van der Waals surface area contributed by atoms with E-state index in [-0.39, 0.29) is 35.4 Å². The fourth-order valence-electron chi connectivity index (χ4n) is 3.54. The van der Waals surface area contributed by atoms with Gasteiger partial charge in [-0.2, -0.15) is 4.31 Å². The van der Waals surface area contributed by atoms with Crippen molar-refractivity contribution >= 4 is 15.9 Å². The summed E-state index contributed by atoms with van der Waals surface area (Å²) < 4.78 is 54.6. The van der Waals surface area contributed by atoms with Crippen molar-refractivity contribution in [2.45, 2.75) is 54.5 Å². The van der Waals surface area contributed by atoms with Crippen LogP contribution >= 0.6 is 0 Å². The maximum absolute atomic E-state index is 13.5. The Morgan fingerprint density at radius 1 is 1.25 bits per heavy atom. The van der Waals surface area contributed by atoms with Crippen LogP contribution in [-0.4, -0.2) is 42.7 Å². The van der Waals surface area contributed by atoms with Gasteiger partial charge in [0.1, 0.15) is 5.54 Å². The van der Waals surface area contributed by atoms with E-state index in [2.05, 4.69) is 5.32 Å². The predicted octanol–water partition coefficient (Wildman–Crippen LogP) is 1.85. The van der Waals surface area contributed by atoms with Gasteiger partial charge in [-0.25, -0.2) is 17.2 Å². The molecular formula is C16H18F2N2O3S. The second-order valence-corrected chi connectivity index (χ2v) is 8.83. The zero-order valence-corrected chi connectivity index (χ0v) is 13.9. The third-order valence-electron chi connectivity index (χ3n) is 5.13. The number of benzene rings is 1. The molecule has 1 spiro atoms. The van der Waals surface area contributed by atoms with Gasteiger partial charge in [0, 0.05) is 19.0 Å². The number of amides is 1. The van der Waals surface area contributed by atoms with Crippen LogP contribution in [0.15, 0.2) is 29.2 Å². The van der Waals surface area contributed by atoms with E-state index < -0.39 is 27.4 Å². The molecule has 5 nitrogen and oxygen atoms in total. The molecule has 3 aliphatic rings. The number of rotatable bonds is 3. The molecule has 1 aromatic rings. The average molecular weight is 356 g/mol. The van der Waals surface area contributed by atoms with E-state index in [0.717, 1.165) is 0 Å². The Kier molecular flexibility index (Phi) is 3.16. The quantitative estimate of drug-likeness (QED) is 0.899. The summed E-state index contributed by atoms with van der Waals surface area (Å²) in [6.45, 7) is 1.89. The van der Waals surface area contributed by atoms with Crippen LogP contribution in [0.25, 0.3) is 0 Å². The van der Waals surface area contributed by atoms with Crippen molar-refractivity contribution in [1.82, 2.24) is 9.62 Å². The smallest absolute Gasteiger partial charge is 0.255 e. The van der Waals surface area contributed by atoms with E-state index in [4.69, 9.17) is 0 Å². The number of hydrogen-bond donors (Lipinski definition) is 1. The van der Waals surface area contributed by atoms with Crippen molar-refractivity contribution in [3.8, 4) is 0 Å². The lowest BCUT2D eigenvalue weighted by Crippen LogP contribution is -2.62. The third kappa shape index (κ3) is 2.19. The first-order valence-electron chi connectivity index (χ1n) is 7.99. The molecule has 0 radical (unpaired) electrons. The van der Waals surface area contributed by atoms with Gasteiger partial charge in [0.05, 0.1) is 10.8 Å². The van der Waals surface area contributed by atoms with Gasteiger partial charge in [0.2, 0.25) is 15.9 Å². The zero-order chi connectivity index (χ0) is 17.3. The van der Waals surface area contributed by atoms with Crippen LogP contribution in [0, 0.1) is 0 Å². The standard InChI is InChI=1S/C16H18F2N2O3S/c1-10-9-20(15(6-7-15)14(21)19-10)24(22,23)13-5-3-2-4-11(13)12-8-16(12,17)18/h2-5,10,12H,6-9H2,1H3,(H,19,21). The molecule has 2 unspecified atom stereocenters. The molecule has 130 valence electrons. The van der Waals surface area contributed by atoms with Crippen molar-refractivity contribution < 1.29 is 22.0 Å². The molecule has 1 heterocycles. The second kappa shape index (κ2) is 4.76. The van der Waals surface area contributed by atoms with Gasteiger partial charge >= 0.3 is 0 Å². The lowest BCUT2D eigenvalue weighted by Gasteiger charge is -2.38. The van der Waals surface area contributed by atoms with Gasteiger partial charge in [0.25, 0.3) is 5.92 Å². The first-order valence-corrected chi connectivity index (χ1v) is 9.43. The molecule has 0 bridgehead atoms. The molecule has 0 aromatic heterocycles. The first-order chi connectivity index (χ1) is 11.2. The van der Waals surface area contributed by atoms with E-state index >= 15 is 0 Å². The maximum atomic E-state index is 13.5. The molecule has 3 fully saturated rings. The Morgan fingerprint density at radius 3 is 2.46 bits per heavy atom. The van der Waals surface area contributed by atoms with Gasteiger partial charge in [-0.3, -0.25) is 4.79 Å². The highest BCUT2D eigenvalue weighted by atomic mass is 32.2. The number of alkyl halides is 2. The van der Waals surface area contributed by atoms with E-state index in [1.54, 1.807) is 13.0 Å². The van der Waals surface area contributed by atoms with Crippen LogP contribution in [-0.2, 0) is 14.8 Å². The lowest BCUT2D eigenvalue weighted by molar-refractivity contribution is -0.129. The topological polar surface area (TPSA) is 66.5 Å². The van der Waals surface area contributed by atoms with Crippen LogP contribution in [0.3, 0.4) is 0 Å². The Morgan fingerprint density at radius 2 is 1.88 bits per heavy atom. The van der Waals surface area contributed by atoms with Crippen molar-refractivity contribution in [2.75, 3.05) is 6.54 Å². The van der Waals surface area contributed by atoms with Gasteiger partial charge in [0.15, 0.2) is 0 Å². The third-order valence-corrected chi connectivity index (χ3v) is 7.14. The highest BCUT2D eigenvalue weighted by Crippen LogP contribution is 2.57. The Hall–Kier alpha value is -1.54. The number of carbonyl (C=O) groups is 1. The van der Waals surface area contributed by atoms with Gasteiger partial charge in [-0.05, 0) is 31.4 Å². The maximum Gasteiger partial charge on any atom is 0.255 e. The van der Waals surface area contributed by atoms with E-state index in [1.165, 1.54) is 22.5 Å². The summed E-state index contributed by atoms with van der Waals surface area (Å²) in [4.78, 5) is 12.2. The number of carbonyl (C=O) groups excluding carboxylic acids is 1. The van der Waals surface area contributed by atoms with Crippen LogP contribution in [0.5, 0.6) is 0 Å². The first kappa shape index (κ1) is 16.0. The van der Waals surface area contributed by atoms with Crippen molar-refractivity contribution in [2.24, 2.45) is 0 Å². The molecule has 1 saturated heterocycles. The van der Waals surface area contributed by atoms with Crippen LogP contribution in [0.2, 0.25) is 0 Å². The molecule has 1 N–H and O–H groups in total. The summed E-state index contributed by atoms with van der Waals surface area (Å²) in [6.07, 6.45) is 0.598. The number of halogens is 2. The van der Waals surface area contributed by atoms with Crippen molar-refractivity contribution in [1.29, 1.82) is 0 Å². The number of sulfonamides is 1. The van der Waals surface area contributed by atoms with Crippen LogP contribution < -0.4 is 5.32 Å². The molecule has 2 aliphatic carbocycles. The van der Waals surface area contributed by atoms with E-state index in [9.17, 15) is 22.0 Å². The number of nitrogens with zero attached hydrogens (tertiary/aromatic N) is 1. The molecule has 1 amide bonds. The lowest BCUT2D eigenvalue weighted by atomic mass is 10.1. The Labute approximate surface area is 139 Å². The second-order valence-electron chi connectivity index (χ2n) is 7.00. The largest absolute Gasteiger partial charge is 0.351 e. The molecular weight excluding hydrogens is 338 g/mol. The minimum absolute atomic E-state index is 0.0969. The number of piperazine rings is 1. The van der Waals surface area contributed by atoms with Gasteiger partial charge in [-0.15, -0.1) is 0 Å². The predicted molar refractivity (Wildman–Crippen MR) is 82.2 cm³/mol. The molecule has 24 heavy (non-hydrogen) atoms. The van der Waals surface area contributed by atoms with Crippen LogP contribution in [0.4, 0.5) is 8.78 Å². The fraction of sp³-hybridized carbons (Fsp3) is 0.562. The highest BCUT2D eigenvalue weighted by molar-refractivity contribution is 7.89. The SMILES string of the molecule is CC1CN(S(=O)(=O)c2ccccc2C2CC2(F)F)C2(CC2)C(=O)N1. The number of hydrogen-bond acceptors (Lipinski definition) is 3. The average Bonchev–Trinajstić information content (AvgIpc) is 3.41. The molecule has 1 aromatic carbocycles. The molecule has 2 atom stereocenters. The Bertz CT molecular complexity index is 820.